The Morgan fingerprint density at radius 3 is 0.686 bits per heavy atom. The van der Waals surface area contributed by atoms with Crippen LogP contribution < -0.4 is 0 Å². The standard InChI is InChI=1S/C86H52/c1-3-23-55-49-57(43-41-53(55)21-1)81-65-29-5-9-33-69(65)83(70-34-10-6-30-66(70)81)59-45-47-77-79(51-59)85(73-37-17-13-25-61(73)62-26-14-18-38-74(62)85)78-48-46-60(52-80(78)86(77)75-39-19-15-27-63(75)64-28-16-20-40-76(64)86)84-71-35-11-7-31-67(71)82(68-32-8-12-36-72(68)84)58-44-42-54-22-2-4-24-56(54)50-58/h1-52H. The van der Waals surface area contributed by atoms with Gasteiger partial charge in [0, 0.05) is 0 Å². The molecular weight excluding hydrogens is 1030 g/mol. The highest BCUT2D eigenvalue weighted by molar-refractivity contribution is 6.23. The summed E-state index contributed by atoms with van der Waals surface area (Å²) in [6.07, 6.45) is 0. The molecule has 86 heavy (non-hydrogen) atoms. The first kappa shape index (κ1) is 47.6. The first-order valence-corrected chi connectivity index (χ1v) is 30.2. The van der Waals surface area contributed by atoms with Crippen LogP contribution in [0.25, 0.3) is 131 Å². The second kappa shape index (κ2) is 17.8. The van der Waals surface area contributed by atoms with Gasteiger partial charge in [0.05, 0.1) is 10.8 Å². The maximum absolute atomic E-state index is 2.65. The van der Waals surface area contributed by atoms with Crippen molar-refractivity contribution in [1.29, 1.82) is 0 Å². The first-order chi connectivity index (χ1) is 42.7. The fraction of sp³-hybridized carbons (Fsp3) is 0.0233. The van der Waals surface area contributed by atoms with Gasteiger partial charge >= 0.3 is 0 Å². The molecule has 3 aliphatic rings. The molecule has 3 aliphatic carbocycles. The fourth-order valence-corrected chi connectivity index (χ4v) is 16.8. The molecule has 16 aromatic rings. The predicted octanol–water partition coefficient (Wildman–Crippen LogP) is 22.3. The van der Waals surface area contributed by atoms with Crippen molar-refractivity contribution in [2.24, 2.45) is 0 Å². The van der Waals surface area contributed by atoms with E-state index in [0.29, 0.717) is 0 Å². The quantitative estimate of drug-likeness (QED) is 0.154. The Morgan fingerprint density at radius 2 is 0.384 bits per heavy atom. The molecule has 0 nitrogen and oxygen atoms in total. The topological polar surface area (TPSA) is 0 Å². The van der Waals surface area contributed by atoms with Gasteiger partial charge in [-0.05, 0) is 200 Å². The molecule has 396 valence electrons. The summed E-state index contributed by atoms with van der Waals surface area (Å²) in [5.41, 5.74) is 24.2. The highest BCUT2D eigenvalue weighted by atomic mass is 14.6. The van der Waals surface area contributed by atoms with Crippen LogP contribution in [0.5, 0.6) is 0 Å². The van der Waals surface area contributed by atoms with Crippen LogP contribution >= 0.6 is 0 Å². The number of hydrogen-bond donors (Lipinski definition) is 0. The van der Waals surface area contributed by atoms with E-state index >= 15 is 0 Å². The Labute approximate surface area is 499 Å². The summed E-state index contributed by atoms with van der Waals surface area (Å²) in [6.45, 7) is 0. The van der Waals surface area contributed by atoms with Gasteiger partial charge in [0.1, 0.15) is 0 Å². The second-order valence-electron chi connectivity index (χ2n) is 24.0. The zero-order valence-corrected chi connectivity index (χ0v) is 47.0. The van der Waals surface area contributed by atoms with Crippen LogP contribution in [-0.4, -0.2) is 0 Å². The lowest BCUT2D eigenvalue weighted by Gasteiger charge is -2.49. The van der Waals surface area contributed by atoms with Gasteiger partial charge in [-0.1, -0.05) is 291 Å². The summed E-state index contributed by atoms with van der Waals surface area (Å²) in [7, 11) is 0. The third-order valence-corrected chi connectivity index (χ3v) is 20.1. The van der Waals surface area contributed by atoms with Crippen LogP contribution in [0.3, 0.4) is 0 Å². The van der Waals surface area contributed by atoms with E-state index in [0.717, 1.165) is 0 Å². The van der Waals surface area contributed by atoms with Gasteiger partial charge in [-0.25, -0.2) is 0 Å². The van der Waals surface area contributed by atoms with Crippen molar-refractivity contribution in [2.45, 2.75) is 10.8 Å². The molecule has 0 aromatic heterocycles. The molecule has 0 radical (unpaired) electrons. The average molecular weight is 1090 g/mol. The van der Waals surface area contributed by atoms with Crippen LogP contribution in [-0.2, 0) is 10.8 Å². The molecule has 0 heteroatoms. The van der Waals surface area contributed by atoms with Crippen LogP contribution in [0.4, 0.5) is 0 Å². The maximum atomic E-state index is 2.65. The van der Waals surface area contributed by atoms with Gasteiger partial charge in [-0.2, -0.15) is 0 Å². The highest BCUT2D eigenvalue weighted by Crippen LogP contribution is 2.68. The number of benzene rings is 16. The van der Waals surface area contributed by atoms with Gasteiger partial charge < -0.3 is 0 Å². The van der Waals surface area contributed by atoms with E-state index in [1.54, 1.807) is 0 Å². The van der Waals surface area contributed by atoms with Gasteiger partial charge in [0.25, 0.3) is 0 Å². The van der Waals surface area contributed by atoms with Crippen molar-refractivity contribution in [2.75, 3.05) is 0 Å². The Kier molecular flexibility index (Phi) is 9.84. The van der Waals surface area contributed by atoms with E-state index in [4.69, 9.17) is 0 Å². The minimum absolute atomic E-state index is 0.704. The monoisotopic (exact) mass is 1080 g/mol. The normalized spacial score (nSPS) is 13.8. The van der Waals surface area contributed by atoms with Gasteiger partial charge in [-0.3, -0.25) is 0 Å². The molecular formula is C86H52. The zero-order chi connectivity index (χ0) is 56.2. The van der Waals surface area contributed by atoms with Gasteiger partial charge in [0.15, 0.2) is 0 Å². The molecule has 2 spiro atoms. The summed E-state index contributed by atoms with van der Waals surface area (Å²) in [5.74, 6) is 0. The second-order valence-corrected chi connectivity index (χ2v) is 24.0. The van der Waals surface area contributed by atoms with Crippen LogP contribution in [0.1, 0.15) is 44.5 Å². The van der Waals surface area contributed by atoms with E-state index in [1.165, 1.54) is 176 Å². The van der Waals surface area contributed by atoms with E-state index in [2.05, 4.69) is 315 Å². The molecule has 0 saturated carbocycles. The molecule has 0 amide bonds. The lowest BCUT2D eigenvalue weighted by atomic mass is 9.52. The zero-order valence-electron chi connectivity index (χ0n) is 47.0. The third-order valence-electron chi connectivity index (χ3n) is 20.1. The van der Waals surface area contributed by atoms with Crippen molar-refractivity contribution >= 4 is 64.6 Å². The lowest BCUT2D eigenvalue weighted by Crippen LogP contribution is -2.44. The Hall–Kier alpha value is -10.9. The Bertz CT molecular complexity index is 5060. The molecule has 19 rings (SSSR count). The van der Waals surface area contributed by atoms with Gasteiger partial charge in [-0.15, -0.1) is 0 Å². The van der Waals surface area contributed by atoms with Crippen molar-refractivity contribution in [3.8, 4) is 66.8 Å². The van der Waals surface area contributed by atoms with E-state index < -0.39 is 10.8 Å². The molecule has 0 heterocycles. The molecule has 0 N–H and O–H groups in total. The first-order valence-electron chi connectivity index (χ1n) is 30.2. The Balaban J connectivity index is 0.943. The number of hydrogen-bond acceptors (Lipinski definition) is 0. The molecule has 16 aromatic carbocycles. The molecule has 0 unspecified atom stereocenters. The highest BCUT2D eigenvalue weighted by Gasteiger charge is 2.59. The molecule has 0 atom stereocenters. The molecule has 0 bridgehead atoms. The van der Waals surface area contributed by atoms with E-state index in [1.807, 2.05) is 0 Å². The minimum atomic E-state index is -0.704. The lowest BCUT2D eigenvalue weighted by molar-refractivity contribution is 0.633. The maximum Gasteiger partial charge on any atom is 0.0720 e. The van der Waals surface area contributed by atoms with Gasteiger partial charge in [0.2, 0.25) is 0 Å². The smallest absolute Gasteiger partial charge is 0.0619 e. The van der Waals surface area contributed by atoms with Crippen LogP contribution in [0.15, 0.2) is 315 Å². The summed E-state index contributed by atoms with van der Waals surface area (Å²) < 4.78 is 0. The SMILES string of the molecule is c1ccc2c(c1)-c1ccccc1C21c2ccc(-c3c4ccccc4c(-c4ccc5ccccc5c4)c4ccccc34)cc2C2(c3ccccc3-c3ccccc32)c2ccc(-c3c4ccccc4c(-c4ccc5ccccc5c4)c4ccccc34)cc21. The molecule has 0 fully saturated rings. The molecule has 0 saturated heterocycles. The fourth-order valence-electron chi connectivity index (χ4n) is 16.8. The van der Waals surface area contributed by atoms with Crippen LogP contribution in [0.2, 0.25) is 0 Å². The minimum Gasteiger partial charge on any atom is -0.0619 e. The average Bonchev–Trinajstić information content (AvgIpc) is 1.39. The van der Waals surface area contributed by atoms with Crippen molar-refractivity contribution in [3.05, 3.63) is 360 Å². The Morgan fingerprint density at radius 1 is 0.151 bits per heavy atom. The molecule has 0 aliphatic heterocycles. The van der Waals surface area contributed by atoms with E-state index in [-0.39, 0.29) is 0 Å². The van der Waals surface area contributed by atoms with Crippen LogP contribution in [0, 0.1) is 0 Å². The largest absolute Gasteiger partial charge is 0.0720 e. The summed E-state index contributed by atoms with van der Waals surface area (Å²) in [6, 6.07) is 121. The van der Waals surface area contributed by atoms with Crippen molar-refractivity contribution in [1.82, 2.24) is 0 Å². The number of fused-ring (bicyclic) bond motifs is 22. The predicted molar refractivity (Wildman–Crippen MR) is 361 cm³/mol. The van der Waals surface area contributed by atoms with Crippen molar-refractivity contribution in [3.63, 3.8) is 0 Å². The summed E-state index contributed by atoms with van der Waals surface area (Å²) in [5, 5.41) is 15.0. The third kappa shape index (κ3) is 6.22. The summed E-state index contributed by atoms with van der Waals surface area (Å²) >= 11 is 0. The van der Waals surface area contributed by atoms with Crippen molar-refractivity contribution < 1.29 is 0 Å². The van der Waals surface area contributed by atoms with E-state index in [9.17, 15) is 0 Å². The number of rotatable bonds is 4. The summed E-state index contributed by atoms with van der Waals surface area (Å²) in [4.78, 5) is 0.